The number of rotatable bonds is 5. The highest BCUT2D eigenvalue weighted by Crippen LogP contribution is 2.25. The Kier molecular flexibility index (Phi) is 5.68. The van der Waals surface area contributed by atoms with E-state index in [1.54, 1.807) is 0 Å². The number of amides is 1. The number of aromatic nitrogens is 1. The first-order chi connectivity index (χ1) is 12.5. The normalized spacial score (nSPS) is 14.9. The zero-order valence-electron chi connectivity index (χ0n) is 14.1. The van der Waals surface area contributed by atoms with Crippen molar-refractivity contribution in [1.29, 1.82) is 0 Å². The van der Waals surface area contributed by atoms with Crippen molar-refractivity contribution >= 4 is 29.0 Å². The van der Waals surface area contributed by atoms with Gasteiger partial charge in [-0.15, -0.1) is 0 Å². The standard InChI is InChI=1S/C18H19ClN4O3/c19-16-10-15(23(25)26)12-21-17(16)20-11-13-6-8-22(9-7-13)18(24)14-4-2-1-3-5-14/h1-5,10,12-13H,6-9,11H2,(H,20,21). The number of hydrogen-bond acceptors (Lipinski definition) is 5. The molecule has 1 fully saturated rings. The Morgan fingerprint density at radius 1 is 1.31 bits per heavy atom. The first kappa shape index (κ1) is 18.1. The smallest absolute Gasteiger partial charge is 0.289 e. The molecule has 1 saturated heterocycles. The van der Waals surface area contributed by atoms with Gasteiger partial charge in [0, 0.05) is 31.3 Å². The van der Waals surface area contributed by atoms with Crippen molar-refractivity contribution < 1.29 is 9.72 Å². The van der Waals surface area contributed by atoms with E-state index in [0.717, 1.165) is 12.8 Å². The molecule has 8 heteroatoms. The molecule has 0 spiro atoms. The monoisotopic (exact) mass is 374 g/mol. The number of hydrogen-bond donors (Lipinski definition) is 1. The lowest BCUT2D eigenvalue weighted by molar-refractivity contribution is -0.385. The average molecular weight is 375 g/mol. The number of benzene rings is 1. The maximum atomic E-state index is 12.4. The third-order valence-electron chi connectivity index (χ3n) is 4.52. The Hall–Kier alpha value is -2.67. The summed E-state index contributed by atoms with van der Waals surface area (Å²) in [6, 6.07) is 10.6. The number of likely N-dealkylation sites (tertiary alicyclic amines) is 1. The van der Waals surface area contributed by atoms with E-state index in [2.05, 4.69) is 10.3 Å². The van der Waals surface area contributed by atoms with E-state index in [-0.39, 0.29) is 16.6 Å². The maximum absolute atomic E-state index is 12.4. The van der Waals surface area contributed by atoms with Crippen molar-refractivity contribution in [2.24, 2.45) is 5.92 Å². The molecule has 2 heterocycles. The molecule has 1 N–H and O–H groups in total. The number of anilines is 1. The van der Waals surface area contributed by atoms with Gasteiger partial charge < -0.3 is 10.2 Å². The van der Waals surface area contributed by atoms with E-state index >= 15 is 0 Å². The van der Waals surface area contributed by atoms with Gasteiger partial charge in [0.25, 0.3) is 11.6 Å². The summed E-state index contributed by atoms with van der Waals surface area (Å²) in [6.07, 6.45) is 2.96. The van der Waals surface area contributed by atoms with Gasteiger partial charge in [-0.05, 0) is 30.9 Å². The van der Waals surface area contributed by atoms with Gasteiger partial charge in [0.1, 0.15) is 12.0 Å². The summed E-state index contributed by atoms with van der Waals surface area (Å²) in [4.78, 5) is 28.5. The van der Waals surface area contributed by atoms with Crippen LogP contribution in [-0.4, -0.2) is 40.3 Å². The topological polar surface area (TPSA) is 88.4 Å². The third kappa shape index (κ3) is 4.29. The van der Waals surface area contributed by atoms with Gasteiger partial charge in [-0.3, -0.25) is 14.9 Å². The number of halogens is 1. The second-order valence-corrected chi connectivity index (χ2v) is 6.67. The molecule has 1 aliphatic rings. The fraction of sp³-hybridized carbons (Fsp3) is 0.333. The summed E-state index contributed by atoms with van der Waals surface area (Å²) >= 11 is 6.04. The summed E-state index contributed by atoms with van der Waals surface area (Å²) in [5, 5.41) is 14.1. The van der Waals surface area contributed by atoms with Crippen LogP contribution in [0.1, 0.15) is 23.2 Å². The molecular formula is C18H19ClN4O3. The highest BCUT2D eigenvalue weighted by Gasteiger charge is 2.23. The van der Waals surface area contributed by atoms with Crippen LogP contribution in [0.15, 0.2) is 42.6 Å². The summed E-state index contributed by atoms with van der Waals surface area (Å²) in [5.74, 6) is 0.903. The lowest BCUT2D eigenvalue weighted by atomic mass is 9.96. The van der Waals surface area contributed by atoms with Gasteiger partial charge >= 0.3 is 0 Å². The van der Waals surface area contributed by atoms with Crippen molar-refractivity contribution in [3.63, 3.8) is 0 Å². The Morgan fingerprint density at radius 3 is 2.62 bits per heavy atom. The quantitative estimate of drug-likeness (QED) is 0.638. The predicted molar refractivity (Wildman–Crippen MR) is 99.5 cm³/mol. The van der Waals surface area contributed by atoms with E-state index in [9.17, 15) is 14.9 Å². The summed E-state index contributed by atoms with van der Waals surface area (Å²) in [6.45, 7) is 2.08. The molecule has 0 aliphatic carbocycles. The Bertz CT molecular complexity index is 792. The molecule has 1 aromatic heterocycles. The predicted octanol–water partition coefficient (Wildman–Crippen LogP) is 3.61. The highest BCUT2D eigenvalue weighted by atomic mass is 35.5. The molecule has 0 atom stereocenters. The number of nitro groups is 1. The second kappa shape index (κ2) is 8.14. The number of carbonyl (C=O) groups excluding carboxylic acids is 1. The number of piperidine rings is 1. The zero-order valence-corrected chi connectivity index (χ0v) is 14.9. The summed E-state index contributed by atoms with van der Waals surface area (Å²) in [5.41, 5.74) is 0.583. The largest absolute Gasteiger partial charge is 0.369 e. The van der Waals surface area contributed by atoms with E-state index < -0.39 is 4.92 Å². The van der Waals surface area contributed by atoms with Crippen LogP contribution < -0.4 is 5.32 Å². The molecule has 0 unspecified atom stereocenters. The molecule has 136 valence electrons. The van der Waals surface area contributed by atoms with Crippen LogP contribution in [0.25, 0.3) is 0 Å². The molecular weight excluding hydrogens is 356 g/mol. The van der Waals surface area contributed by atoms with Crippen molar-refractivity contribution in [2.45, 2.75) is 12.8 Å². The maximum Gasteiger partial charge on any atom is 0.289 e. The van der Waals surface area contributed by atoms with Gasteiger partial charge in [0.05, 0.1) is 9.95 Å². The van der Waals surface area contributed by atoms with Gasteiger partial charge in [-0.1, -0.05) is 29.8 Å². The minimum Gasteiger partial charge on any atom is -0.369 e. The molecule has 0 radical (unpaired) electrons. The molecule has 1 aromatic carbocycles. The lowest BCUT2D eigenvalue weighted by Gasteiger charge is -2.32. The van der Waals surface area contributed by atoms with Gasteiger partial charge in [0.15, 0.2) is 0 Å². The molecule has 1 amide bonds. The highest BCUT2D eigenvalue weighted by molar-refractivity contribution is 6.33. The van der Waals surface area contributed by atoms with Crippen molar-refractivity contribution in [3.05, 3.63) is 63.3 Å². The molecule has 3 rings (SSSR count). The number of pyridine rings is 1. The number of nitrogens with zero attached hydrogens (tertiary/aromatic N) is 3. The Morgan fingerprint density at radius 2 is 2.00 bits per heavy atom. The average Bonchev–Trinajstić information content (AvgIpc) is 2.67. The first-order valence-electron chi connectivity index (χ1n) is 8.42. The zero-order chi connectivity index (χ0) is 18.5. The number of nitrogens with one attached hydrogen (secondary N) is 1. The molecule has 2 aromatic rings. The fourth-order valence-electron chi connectivity index (χ4n) is 3.00. The van der Waals surface area contributed by atoms with E-state index in [1.165, 1.54) is 12.3 Å². The lowest BCUT2D eigenvalue weighted by Crippen LogP contribution is -2.39. The molecule has 1 aliphatic heterocycles. The van der Waals surface area contributed by atoms with Crippen molar-refractivity contribution in [3.8, 4) is 0 Å². The van der Waals surface area contributed by atoms with Crippen LogP contribution in [0.3, 0.4) is 0 Å². The summed E-state index contributed by atoms with van der Waals surface area (Å²) < 4.78 is 0. The van der Waals surface area contributed by atoms with Crippen LogP contribution in [0.2, 0.25) is 5.02 Å². The van der Waals surface area contributed by atoms with Crippen LogP contribution in [0.5, 0.6) is 0 Å². The van der Waals surface area contributed by atoms with Crippen molar-refractivity contribution in [2.75, 3.05) is 25.0 Å². The van der Waals surface area contributed by atoms with Crippen LogP contribution >= 0.6 is 11.6 Å². The first-order valence-corrected chi connectivity index (χ1v) is 8.80. The number of carbonyl (C=O) groups is 1. The van der Waals surface area contributed by atoms with Gasteiger partial charge in [0.2, 0.25) is 0 Å². The Labute approximate surface area is 156 Å². The van der Waals surface area contributed by atoms with E-state index in [4.69, 9.17) is 11.6 Å². The van der Waals surface area contributed by atoms with E-state index in [1.807, 2.05) is 35.2 Å². The van der Waals surface area contributed by atoms with Crippen molar-refractivity contribution in [1.82, 2.24) is 9.88 Å². The van der Waals surface area contributed by atoms with E-state index in [0.29, 0.717) is 36.9 Å². The minimum absolute atomic E-state index is 0.0667. The summed E-state index contributed by atoms with van der Waals surface area (Å²) in [7, 11) is 0. The fourth-order valence-corrected chi connectivity index (χ4v) is 3.23. The van der Waals surface area contributed by atoms with Gasteiger partial charge in [-0.25, -0.2) is 4.98 Å². The minimum atomic E-state index is -0.526. The van der Waals surface area contributed by atoms with Crippen LogP contribution in [0.4, 0.5) is 11.5 Å². The second-order valence-electron chi connectivity index (χ2n) is 6.26. The van der Waals surface area contributed by atoms with Gasteiger partial charge in [-0.2, -0.15) is 0 Å². The molecule has 7 nitrogen and oxygen atoms in total. The van der Waals surface area contributed by atoms with Crippen LogP contribution in [-0.2, 0) is 0 Å². The third-order valence-corrected chi connectivity index (χ3v) is 4.81. The Balaban J connectivity index is 1.50. The SMILES string of the molecule is O=C(c1ccccc1)N1CCC(CNc2ncc([N+](=O)[O-])cc2Cl)CC1. The van der Waals surface area contributed by atoms with Crippen LogP contribution in [0, 0.1) is 16.0 Å². The molecule has 26 heavy (non-hydrogen) atoms. The molecule has 0 saturated carbocycles. The molecule has 0 bridgehead atoms.